The van der Waals surface area contributed by atoms with Gasteiger partial charge in [-0.1, -0.05) is 6.07 Å². The van der Waals surface area contributed by atoms with Crippen LogP contribution in [0.15, 0.2) is 27.4 Å². The van der Waals surface area contributed by atoms with Crippen molar-refractivity contribution in [3.8, 4) is 6.07 Å². The largest absolute Gasteiger partial charge is 0.417 e. The van der Waals surface area contributed by atoms with Crippen LogP contribution in [0.5, 0.6) is 0 Å². The van der Waals surface area contributed by atoms with Crippen LogP contribution >= 0.6 is 0 Å². The summed E-state index contributed by atoms with van der Waals surface area (Å²) in [6, 6.07) is 7.32. The first-order valence-electron chi connectivity index (χ1n) is 4.94. The summed E-state index contributed by atoms with van der Waals surface area (Å²) in [6.45, 7) is 2.37. The molecule has 82 valence electrons. The van der Waals surface area contributed by atoms with Gasteiger partial charge in [-0.15, -0.1) is 0 Å². The minimum Gasteiger partial charge on any atom is -0.408 e. The molecule has 2 rings (SSSR count). The second-order valence-electron chi connectivity index (χ2n) is 3.58. The van der Waals surface area contributed by atoms with E-state index in [1.807, 2.05) is 12.1 Å². The third-order valence-corrected chi connectivity index (χ3v) is 2.29. The molecule has 1 aromatic heterocycles. The van der Waals surface area contributed by atoms with Gasteiger partial charge in [0.25, 0.3) is 0 Å². The number of hydrogen-bond acceptors (Lipinski definition) is 4. The predicted molar refractivity (Wildman–Crippen MR) is 58.7 cm³/mol. The summed E-state index contributed by atoms with van der Waals surface area (Å²) in [5.74, 6) is -0.453. The van der Waals surface area contributed by atoms with Crippen molar-refractivity contribution in [1.82, 2.24) is 10.3 Å². The van der Waals surface area contributed by atoms with Crippen LogP contribution in [0.1, 0.15) is 12.5 Å². The molecule has 5 heteroatoms. The van der Waals surface area contributed by atoms with Crippen molar-refractivity contribution in [3.05, 3.63) is 34.3 Å². The molecule has 0 aliphatic heterocycles. The first kappa shape index (κ1) is 10.5. The van der Waals surface area contributed by atoms with Crippen molar-refractivity contribution in [2.75, 3.05) is 0 Å². The molecule has 0 radical (unpaired) electrons. The number of aromatic nitrogens is 1. The molecule has 0 aliphatic carbocycles. The summed E-state index contributed by atoms with van der Waals surface area (Å²) >= 11 is 0. The fourth-order valence-corrected chi connectivity index (χ4v) is 1.43. The van der Waals surface area contributed by atoms with E-state index in [0.29, 0.717) is 17.6 Å². The number of rotatable bonds is 3. The third kappa shape index (κ3) is 2.12. The van der Waals surface area contributed by atoms with E-state index in [-0.39, 0.29) is 6.04 Å². The van der Waals surface area contributed by atoms with Crippen molar-refractivity contribution >= 4 is 11.1 Å². The second-order valence-corrected chi connectivity index (χ2v) is 3.58. The smallest absolute Gasteiger partial charge is 0.408 e. The Morgan fingerprint density at radius 1 is 1.62 bits per heavy atom. The lowest BCUT2D eigenvalue weighted by Crippen LogP contribution is -2.23. The Morgan fingerprint density at radius 2 is 2.44 bits per heavy atom. The number of oxazole rings is 1. The van der Waals surface area contributed by atoms with E-state index in [1.54, 1.807) is 13.0 Å². The van der Waals surface area contributed by atoms with Gasteiger partial charge in [-0.05, 0) is 24.6 Å². The van der Waals surface area contributed by atoms with Crippen molar-refractivity contribution in [3.63, 3.8) is 0 Å². The first-order valence-corrected chi connectivity index (χ1v) is 4.94. The summed E-state index contributed by atoms with van der Waals surface area (Å²) in [5, 5.41) is 11.6. The van der Waals surface area contributed by atoms with Crippen molar-refractivity contribution in [2.24, 2.45) is 0 Å². The molecule has 5 nitrogen and oxygen atoms in total. The van der Waals surface area contributed by atoms with Crippen LogP contribution in [-0.2, 0) is 6.54 Å². The molecule has 0 saturated heterocycles. The molecule has 0 bridgehead atoms. The Balaban J connectivity index is 2.20. The lowest BCUT2D eigenvalue weighted by atomic mass is 10.2. The summed E-state index contributed by atoms with van der Waals surface area (Å²) in [5.41, 5.74) is 2.21. The van der Waals surface area contributed by atoms with Gasteiger partial charge in [0.15, 0.2) is 5.58 Å². The van der Waals surface area contributed by atoms with Gasteiger partial charge < -0.3 is 4.42 Å². The van der Waals surface area contributed by atoms with Gasteiger partial charge in [0, 0.05) is 6.54 Å². The molecule has 0 aliphatic rings. The molecule has 1 heterocycles. The fourth-order valence-electron chi connectivity index (χ4n) is 1.43. The van der Waals surface area contributed by atoms with E-state index in [4.69, 9.17) is 9.68 Å². The topological polar surface area (TPSA) is 81.8 Å². The molecular formula is C11H11N3O2. The summed E-state index contributed by atoms with van der Waals surface area (Å²) in [4.78, 5) is 13.5. The molecule has 0 amide bonds. The van der Waals surface area contributed by atoms with E-state index in [9.17, 15) is 4.79 Å². The van der Waals surface area contributed by atoms with Crippen molar-refractivity contribution in [2.45, 2.75) is 19.5 Å². The number of H-pyrrole nitrogens is 1. The highest BCUT2D eigenvalue weighted by atomic mass is 16.4. The summed E-state index contributed by atoms with van der Waals surface area (Å²) < 4.78 is 4.89. The van der Waals surface area contributed by atoms with Gasteiger partial charge in [-0.25, -0.2) is 4.79 Å². The van der Waals surface area contributed by atoms with Gasteiger partial charge in [-0.3, -0.25) is 10.3 Å². The molecule has 2 N–H and O–H groups in total. The number of benzene rings is 1. The second kappa shape index (κ2) is 4.21. The molecule has 0 saturated carbocycles. The van der Waals surface area contributed by atoms with Crippen LogP contribution in [0.4, 0.5) is 0 Å². The highest BCUT2D eigenvalue weighted by molar-refractivity contribution is 5.72. The molecule has 16 heavy (non-hydrogen) atoms. The zero-order valence-electron chi connectivity index (χ0n) is 8.78. The van der Waals surface area contributed by atoms with E-state index in [2.05, 4.69) is 16.4 Å². The van der Waals surface area contributed by atoms with Crippen molar-refractivity contribution < 1.29 is 4.42 Å². The van der Waals surface area contributed by atoms with Gasteiger partial charge in [-0.2, -0.15) is 5.26 Å². The highest BCUT2D eigenvalue weighted by Gasteiger charge is 2.03. The van der Waals surface area contributed by atoms with Crippen LogP contribution in [-0.4, -0.2) is 11.0 Å². The molecule has 2 aromatic rings. The van der Waals surface area contributed by atoms with Crippen LogP contribution < -0.4 is 11.1 Å². The lowest BCUT2D eigenvalue weighted by Gasteiger charge is -2.05. The molecule has 1 atom stereocenters. The third-order valence-electron chi connectivity index (χ3n) is 2.29. The van der Waals surface area contributed by atoms with Crippen LogP contribution in [0.2, 0.25) is 0 Å². The van der Waals surface area contributed by atoms with Gasteiger partial charge >= 0.3 is 5.76 Å². The van der Waals surface area contributed by atoms with E-state index < -0.39 is 5.76 Å². The maximum absolute atomic E-state index is 10.9. The van der Waals surface area contributed by atoms with Gasteiger partial charge in [0.1, 0.15) is 0 Å². The van der Waals surface area contributed by atoms with E-state index in [0.717, 1.165) is 5.56 Å². The average Bonchev–Trinajstić information content (AvgIpc) is 2.65. The normalized spacial score (nSPS) is 12.5. The Kier molecular flexibility index (Phi) is 2.75. The zero-order chi connectivity index (χ0) is 11.5. The SMILES string of the molecule is CC(C#N)NCc1ccc2oc(=O)[nH]c2c1. The quantitative estimate of drug-likeness (QED) is 0.807. The minimum absolute atomic E-state index is 0.195. The Morgan fingerprint density at radius 3 is 3.19 bits per heavy atom. The summed E-state index contributed by atoms with van der Waals surface area (Å²) in [6.07, 6.45) is 0. The van der Waals surface area contributed by atoms with E-state index in [1.165, 1.54) is 0 Å². The van der Waals surface area contributed by atoms with Crippen LogP contribution in [0.25, 0.3) is 11.1 Å². The Bertz CT molecular complexity index is 591. The number of nitrogens with one attached hydrogen (secondary N) is 2. The van der Waals surface area contributed by atoms with Crippen molar-refractivity contribution in [1.29, 1.82) is 5.26 Å². The standard InChI is InChI=1S/C11H11N3O2/c1-7(5-12)13-6-8-2-3-10-9(4-8)14-11(15)16-10/h2-4,7,13H,6H2,1H3,(H,14,15). The molecular weight excluding hydrogens is 206 g/mol. The molecule has 0 fully saturated rings. The van der Waals surface area contributed by atoms with Crippen LogP contribution in [0, 0.1) is 11.3 Å². The van der Waals surface area contributed by atoms with Gasteiger partial charge in [0.05, 0.1) is 17.6 Å². The van der Waals surface area contributed by atoms with E-state index >= 15 is 0 Å². The zero-order valence-corrected chi connectivity index (χ0v) is 8.78. The predicted octanol–water partition coefficient (Wildman–Crippen LogP) is 1.12. The highest BCUT2D eigenvalue weighted by Crippen LogP contribution is 2.11. The number of hydrogen-bond donors (Lipinski definition) is 2. The Labute approximate surface area is 91.7 Å². The average molecular weight is 217 g/mol. The molecule has 1 aromatic carbocycles. The maximum Gasteiger partial charge on any atom is 0.417 e. The monoisotopic (exact) mass is 217 g/mol. The van der Waals surface area contributed by atoms with Gasteiger partial charge in [0.2, 0.25) is 0 Å². The molecule has 0 spiro atoms. The fraction of sp³-hybridized carbons (Fsp3) is 0.273. The minimum atomic E-state index is -0.453. The maximum atomic E-state index is 10.9. The van der Waals surface area contributed by atoms with Crippen LogP contribution in [0.3, 0.4) is 0 Å². The molecule has 1 unspecified atom stereocenters. The Hall–Kier alpha value is -2.06. The lowest BCUT2D eigenvalue weighted by molar-refractivity contribution is 0.555. The summed E-state index contributed by atoms with van der Waals surface area (Å²) in [7, 11) is 0. The number of nitriles is 1. The number of aromatic amines is 1. The number of fused-ring (bicyclic) bond motifs is 1. The number of nitrogens with zero attached hydrogens (tertiary/aromatic N) is 1. The first-order chi connectivity index (χ1) is 7.69.